The molecule has 5 nitrogen and oxygen atoms in total. The molecule has 0 spiro atoms. The van der Waals surface area contributed by atoms with Crippen molar-refractivity contribution in [1.82, 2.24) is 0 Å². The van der Waals surface area contributed by atoms with Crippen molar-refractivity contribution in [1.29, 1.82) is 0 Å². The van der Waals surface area contributed by atoms with Gasteiger partial charge in [0.1, 0.15) is 0 Å². The van der Waals surface area contributed by atoms with Crippen LogP contribution in [0.4, 0.5) is 0 Å². The summed E-state index contributed by atoms with van der Waals surface area (Å²) in [5.74, 6) is 0. The van der Waals surface area contributed by atoms with Crippen LogP contribution in [0, 0.1) is 0 Å². The molecule has 10 heavy (non-hydrogen) atoms. The van der Waals surface area contributed by atoms with Crippen molar-refractivity contribution in [2.45, 2.75) is 0 Å². The van der Waals surface area contributed by atoms with Crippen molar-refractivity contribution < 1.29 is 18.4 Å². The summed E-state index contributed by atoms with van der Waals surface area (Å²) in [5.41, 5.74) is 0. The predicted molar refractivity (Wildman–Crippen MR) is 34.6 cm³/mol. The quantitative estimate of drug-likeness (QED) is 0.350. The van der Waals surface area contributed by atoms with Crippen LogP contribution < -0.4 is 0 Å². The van der Waals surface area contributed by atoms with E-state index >= 15 is 0 Å². The molecule has 0 unspecified atom stereocenters. The van der Waals surface area contributed by atoms with E-state index in [9.17, 15) is 9.36 Å². The Hall–Kier alpha value is -0.470. The Kier molecular flexibility index (Phi) is 4.16. The zero-order valence-electron chi connectivity index (χ0n) is 5.73. The molecule has 0 atom stereocenters. The first-order valence-electron chi connectivity index (χ1n) is 2.42. The fourth-order valence-electron chi connectivity index (χ4n) is 0.305. The number of carbonyl (C=O) groups excluding carboxylic acids is 1. The fraction of sp³-hybridized carbons (Fsp3) is 0.750. The molecule has 0 fully saturated rings. The van der Waals surface area contributed by atoms with Gasteiger partial charge in [0.25, 0.3) is 0 Å². The molecule has 0 amide bonds. The summed E-state index contributed by atoms with van der Waals surface area (Å²) in [6.07, 6.45) is 0.960. The third-order valence-corrected chi connectivity index (χ3v) is 2.47. The molecule has 0 aromatic heterocycles. The number of rotatable bonds is 4. The number of nitrogens with zero attached hydrogens (tertiary/aromatic N) is 1. The molecule has 6 heteroatoms. The van der Waals surface area contributed by atoms with E-state index in [-0.39, 0.29) is 6.29 Å². The van der Waals surface area contributed by atoms with E-state index in [1.807, 2.05) is 0 Å². The molecule has 0 aromatic carbocycles. The number of hydrogen-bond donors (Lipinski definition) is 0. The first-order valence-corrected chi connectivity index (χ1v) is 4.15. The Morgan fingerprint density at radius 1 is 1.50 bits per heavy atom. The van der Waals surface area contributed by atoms with Gasteiger partial charge in [0, 0.05) is 14.2 Å². The van der Waals surface area contributed by atoms with Gasteiger partial charge in [-0.2, -0.15) is 4.99 Å². The molecule has 0 bridgehead atoms. The van der Waals surface area contributed by atoms with Crippen molar-refractivity contribution in [2.24, 2.45) is 4.99 Å². The predicted octanol–water partition coefficient (Wildman–Crippen LogP) is 0.766. The third kappa shape index (κ3) is 2.90. The van der Waals surface area contributed by atoms with Crippen LogP contribution in [-0.2, 0) is 18.4 Å². The molecule has 0 saturated carbocycles. The summed E-state index contributed by atoms with van der Waals surface area (Å²) in [6, 6.07) is 0. The number of hydrogen-bond acceptors (Lipinski definition) is 5. The van der Waals surface area contributed by atoms with Crippen LogP contribution in [0.25, 0.3) is 0 Å². The zero-order chi connectivity index (χ0) is 8.04. The van der Waals surface area contributed by atoms with Crippen LogP contribution in [-0.4, -0.2) is 26.6 Å². The van der Waals surface area contributed by atoms with Crippen LogP contribution >= 0.6 is 7.60 Å². The molecule has 0 aromatic rings. The minimum atomic E-state index is -3.13. The SMILES string of the molecule is COP(=O)(CN=C=O)OC. The van der Waals surface area contributed by atoms with Gasteiger partial charge in [-0.3, -0.25) is 4.57 Å². The first-order chi connectivity index (χ1) is 4.68. The van der Waals surface area contributed by atoms with Gasteiger partial charge >= 0.3 is 7.60 Å². The lowest BCUT2D eigenvalue weighted by Gasteiger charge is -2.08. The monoisotopic (exact) mass is 165 g/mol. The highest BCUT2D eigenvalue weighted by Gasteiger charge is 2.19. The summed E-state index contributed by atoms with van der Waals surface area (Å²) in [5, 5.41) is 0. The highest BCUT2D eigenvalue weighted by Crippen LogP contribution is 2.45. The third-order valence-electron chi connectivity index (χ3n) is 0.865. The van der Waals surface area contributed by atoms with Crippen molar-refractivity contribution in [3.63, 3.8) is 0 Å². The lowest BCUT2D eigenvalue weighted by atomic mass is 11.4. The van der Waals surface area contributed by atoms with E-state index in [2.05, 4.69) is 14.0 Å². The van der Waals surface area contributed by atoms with Gasteiger partial charge in [-0.25, -0.2) is 4.79 Å². The van der Waals surface area contributed by atoms with Crippen LogP contribution in [0.2, 0.25) is 0 Å². The van der Waals surface area contributed by atoms with Gasteiger partial charge in [0.2, 0.25) is 6.08 Å². The number of isocyanates is 1. The maximum atomic E-state index is 11.0. The van der Waals surface area contributed by atoms with Crippen molar-refractivity contribution in [3.8, 4) is 0 Å². The maximum absolute atomic E-state index is 11.0. The summed E-state index contributed by atoms with van der Waals surface area (Å²) < 4.78 is 19.9. The zero-order valence-corrected chi connectivity index (χ0v) is 6.63. The Balaban J connectivity index is 4.06. The van der Waals surface area contributed by atoms with E-state index in [0.29, 0.717) is 0 Å². The second-order valence-electron chi connectivity index (χ2n) is 1.37. The average molecular weight is 165 g/mol. The average Bonchev–Trinajstić information content (AvgIpc) is 2.00. The molecule has 58 valence electrons. The minimum Gasteiger partial charge on any atom is -0.311 e. The molecule has 0 aliphatic rings. The topological polar surface area (TPSA) is 65.0 Å². The molecular formula is C4H8NO4P. The number of aliphatic imine (C=N–C) groups is 1. The Labute approximate surface area is 58.6 Å². The van der Waals surface area contributed by atoms with Crippen LogP contribution in [0.5, 0.6) is 0 Å². The molecule has 0 radical (unpaired) electrons. The maximum Gasteiger partial charge on any atom is 0.352 e. The van der Waals surface area contributed by atoms with Crippen molar-refractivity contribution >= 4 is 13.7 Å². The van der Waals surface area contributed by atoms with E-state index in [4.69, 9.17) is 0 Å². The Morgan fingerprint density at radius 2 is 2.00 bits per heavy atom. The van der Waals surface area contributed by atoms with Gasteiger partial charge in [-0.05, 0) is 0 Å². The van der Waals surface area contributed by atoms with E-state index in [1.54, 1.807) is 0 Å². The summed E-state index contributed by atoms with van der Waals surface area (Å²) >= 11 is 0. The lowest BCUT2D eigenvalue weighted by Crippen LogP contribution is -1.91. The van der Waals surface area contributed by atoms with Gasteiger partial charge < -0.3 is 9.05 Å². The van der Waals surface area contributed by atoms with E-state index in [1.165, 1.54) is 20.3 Å². The van der Waals surface area contributed by atoms with Gasteiger partial charge in [-0.1, -0.05) is 0 Å². The van der Waals surface area contributed by atoms with Crippen LogP contribution in [0.3, 0.4) is 0 Å². The first kappa shape index (κ1) is 9.53. The normalized spacial score (nSPS) is 10.6. The molecule has 0 rings (SSSR count). The standard InChI is InChI=1S/C4H8NO4P/c1-8-10(7,9-2)4-5-3-6/h4H2,1-2H3. The molecule has 0 aliphatic heterocycles. The highest BCUT2D eigenvalue weighted by atomic mass is 31.2. The molecule has 0 aliphatic carbocycles. The van der Waals surface area contributed by atoms with Crippen molar-refractivity contribution in [2.75, 3.05) is 20.5 Å². The van der Waals surface area contributed by atoms with E-state index < -0.39 is 7.60 Å². The van der Waals surface area contributed by atoms with Crippen molar-refractivity contribution in [3.05, 3.63) is 0 Å². The highest BCUT2D eigenvalue weighted by molar-refractivity contribution is 7.53. The van der Waals surface area contributed by atoms with Gasteiger partial charge in [0.05, 0.1) is 0 Å². The molecule has 0 saturated heterocycles. The van der Waals surface area contributed by atoms with Gasteiger partial charge in [0.15, 0.2) is 6.29 Å². The van der Waals surface area contributed by atoms with Crippen LogP contribution in [0.1, 0.15) is 0 Å². The molecule has 0 heterocycles. The second-order valence-corrected chi connectivity index (χ2v) is 3.60. The summed E-state index contributed by atoms with van der Waals surface area (Å²) in [6.45, 7) is 0. The largest absolute Gasteiger partial charge is 0.352 e. The fourth-order valence-corrected chi connectivity index (χ4v) is 0.916. The lowest BCUT2D eigenvalue weighted by molar-refractivity contribution is 0.276. The summed E-state index contributed by atoms with van der Waals surface area (Å²) in [7, 11) is -0.673. The molecule has 0 N–H and O–H groups in total. The van der Waals surface area contributed by atoms with E-state index in [0.717, 1.165) is 0 Å². The Morgan fingerprint density at radius 3 is 2.30 bits per heavy atom. The minimum absolute atomic E-state index is 0.274. The Bertz CT molecular complexity index is 178. The molecular weight excluding hydrogens is 157 g/mol. The van der Waals surface area contributed by atoms with Gasteiger partial charge in [-0.15, -0.1) is 0 Å². The summed E-state index contributed by atoms with van der Waals surface area (Å²) in [4.78, 5) is 12.6. The van der Waals surface area contributed by atoms with Crippen LogP contribution in [0.15, 0.2) is 4.99 Å². The smallest absolute Gasteiger partial charge is 0.311 e. The second kappa shape index (κ2) is 4.36.